The molecule has 0 aliphatic carbocycles. The first-order valence-corrected chi connectivity index (χ1v) is 7.19. The van der Waals surface area contributed by atoms with Crippen molar-refractivity contribution >= 4 is 26.7 Å². The van der Waals surface area contributed by atoms with E-state index in [-0.39, 0.29) is 0 Å². The van der Waals surface area contributed by atoms with Gasteiger partial charge in [-0.15, -0.1) is 0 Å². The molecule has 1 unspecified atom stereocenters. The van der Waals surface area contributed by atoms with Gasteiger partial charge in [-0.05, 0) is 31.4 Å². The fourth-order valence-corrected chi connectivity index (χ4v) is 3.07. The van der Waals surface area contributed by atoms with Crippen LogP contribution in [-0.2, 0) is 0 Å². The number of anilines is 1. The maximum atomic E-state index is 4.69. The van der Waals surface area contributed by atoms with Crippen molar-refractivity contribution in [1.29, 1.82) is 0 Å². The van der Waals surface area contributed by atoms with Crippen molar-refractivity contribution in [3.05, 3.63) is 23.8 Å². The van der Waals surface area contributed by atoms with Gasteiger partial charge in [0.15, 0.2) is 5.13 Å². The van der Waals surface area contributed by atoms with Gasteiger partial charge in [0, 0.05) is 6.04 Å². The van der Waals surface area contributed by atoms with Crippen LogP contribution < -0.4 is 5.32 Å². The number of thiazole rings is 1. The summed E-state index contributed by atoms with van der Waals surface area (Å²) in [5.74, 6) is 0. The molecule has 0 spiro atoms. The Morgan fingerprint density at radius 3 is 2.82 bits per heavy atom. The second-order valence-electron chi connectivity index (χ2n) is 4.48. The molecule has 17 heavy (non-hydrogen) atoms. The Labute approximate surface area is 107 Å². The normalized spacial score (nSPS) is 12.9. The molecular formula is C14H20N2S. The molecule has 0 amide bonds. The predicted octanol–water partition coefficient (Wildman–Crippen LogP) is 4.60. The zero-order valence-electron chi connectivity index (χ0n) is 10.8. The van der Waals surface area contributed by atoms with E-state index < -0.39 is 0 Å². The average molecular weight is 248 g/mol. The molecule has 0 fully saturated rings. The summed E-state index contributed by atoms with van der Waals surface area (Å²) >= 11 is 1.76. The van der Waals surface area contributed by atoms with Crippen LogP contribution in [0.4, 0.5) is 5.13 Å². The molecule has 0 radical (unpaired) electrons. The summed E-state index contributed by atoms with van der Waals surface area (Å²) in [6, 6.07) is 6.92. The third-order valence-corrected chi connectivity index (χ3v) is 4.03. The quantitative estimate of drug-likeness (QED) is 0.836. The van der Waals surface area contributed by atoms with Gasteiger partial charge in [0.2, 0.25) is 0 Å². The molecule has 92 valence electrons. The first-order chi connectivity index (χ1) is 8.24. The van der Waals surface area contributed by atoms with Crippen LogP contribution in [0.15, 0.2) is 18.2 Å². The van der Waals surface area contributed by atoms with Gasteiger partial charge in [0.1, 0.15) is 0 Å². The fraction of sp³-hybridized carbons (Fsp3) is 0.500. The van der Waals surface area contributed by atoms with Gasteiger partial charge in [0.25, 0.3) is 0 Å². The van der Waals surface area contributed by atoms with Crippen molar-refractivity contribution in [2.24, 2.45) is 0 Å². The summed E-state index contributed by atoms with van der Waals surface area (Å²) in [6.07, 6.45) is 3.59. The number of fused-ring (bicyclic) bond motifs is 1. The van der Waals surface area contributed by atoms with Gasteiger partial charge < -0.3 is 5.32 Å². The summed E-state index contributed by atoms with van der Waals surface area (Å²) in [5.41, 5.74) is 2.40. The predicted molar refractivity (Wildman–Crippen MR) is 77.0 cm³/mol. The molecule has 0 bridgehead atoms. The number of benzene rings is 1. The Hall–Kier alpha value is -1.09. The zero-order valence-corrected chi connectivity index (χ0v) is 11.6. The van der Waals surface area contributed by atoms with Gasteiger partial charge in [0.05, 0.1) is 10.2 Å². The largest absolute Gasteiger partial charge is 0.359 e. The number of rotatable bonds is 5. The molecule has 0 aliphatic rings. The highest BCUT2D eigenvalue weighted by Crippen LogP contribution is 2.28. The van der Waals surface area contributed by atoms with Gasteiger partial charge in [-0.25, -0.2) is 4.98 Å². The van der Waals surface area contributed by atoms with Crippen LogP contribution in [-0.4, -0.2) is 11.0 Å². The highest BCUT2D eigenvalue weighted by molar-refractivity contribution is 7.22. The van der Waals surface area contributed by atoms with Crippen molar-refractivity contribution in [3.63, 3.8) is 0 Å². The van der Waals surface area contributed by atoms with Gasteiger partial charge in [-0.3, -0.25) is 0 Å². The number of hydrogen-bond donors (Lipinski definition) is 1. The summed E-state index contributed by atoms with van der Waals surface area (Å²) < 4.78 is 1.28. The molecule has 1 aromatic heterocycles. The minimum absolute atomic E-state index is 0.556. The summed E-state index contributed by atoms with van der Waals surface area (Å²) in [6.45, 7) is 6.58. The van der Waals surface area contributed by atoms with Crippen molar-refractivity contribution in [2.75, 3.05) is 5.32 Å². The Morgan fingerprint density at radius 2 is 2.18 bits per heavy atom. The third kappa shape index (κ3) is 2.78. The monoisotopic (exact) mass is 248 g/mol. The molecule has 2 rings (SSSR count). The van der Waals surface area contributed by atoms with E-state index in [0.717, 1.165) is 17.1 Å². The number of hydrogen-bond acceptors (Lipinski definition) is 3. The SMILES string of the molecule is CCCC(CC)Nc1nc2c(C)cccc2s1. The van der Waals surface area contributed by atoms with E-state index in [4.69, 9.17) is 0 Å². The van der Waals surface area contributed by atoms with Crippen LogP contribution >= 0.6 is 11.3 Å². The molecule has 0 saturated carbocycles. The highest BCUT2D eigenvalue weighted by atomic mass is 32.1. The van der Waals surface area contributed by atoms with Crippen LogP contribution in [0.1, 0.15) is 38.7 Å². The molecule has 2 aromatic rings. The molecule has 0 aliphatic heterocycles. The summed E-state index contributed by atoms with van der Waals surface area (Å²) in [4.78, 5) is 4.69. The smallest absolute Gasteiger partial charge is 0.184 e. The maximum Gasteiger partial charge on any atom is 0.184 e. The van der Waals surface area contributed by atoms with E-state index >= 15 is 0 Å². The van der Waals surface area contributed by atoms with Gasteiger partial charge in [-0.2, -0.15) is 0 Å². The van der Waals surface area contributed by atoms with Crippen LogP contribution in [0.25, 0.3) is 10.2 Å². The van der Waals surface area contributed by atoms with Gasteiger partial charge in [-0.1, -0.05) is 43.7 Å². The average Bonchev–Trinajstić information content (AvgIpc) is 2.72. The van der Waals surface area contributed by atoms with Crippen molar-refractivity contribution in [1.82, 2.24) is 4.98 Å². The Kier molecular flexibility index (Phi) is 4.00. The van der Waals surface area contributed by atoms with E-state index in [9.17, 15) is 0 Å². The minimum atomic E-state index is 0.556. The Morgan fingerprint density at radius 1 is 1.35 bits per heavy atom. The molecule has 3 heteroatoms. The summed E-state index contributed by atoms with van der Waals surface area (Å²) in [5, 5.41) is 4.62. The molecular weight excluding hydrogens is 228 g/mol. The van der Waals surface area contributed by atoms with Crippen LogP contribution in [0.5, 0.6) is 0 Å². The van der Waals surface area contributed by atoms with Crippen molar-refractivity contribution < 1.29 is 0 Å². The van der Waals surface area contributed by atoms with E-state index in [1.807, 2.05) is 0 Å². The van der Waals surface area contributed by atoms with Crippen LogP contribution in [0.2, 0.25) is 0 Å². The van der Waals surface area contributed by atoms with E-state index in [2.05, 4.69) is 49.3 Å². The Balaban J connectivity index is 2.21. The lowest BCUT2D eigenvalue weighted by Gasteiger charge is -2.14. The topological polar surface area (TPSA) is 24.9 Å². The molecule has 0 saturated heterocycles. The lowest BCUT2D eigenvalue weighted by molar-refractivity contribution is 0.622. The summed E-state index contributed by atoms with van der Waals surface area (Å²) in [7, 11) is 0. The van der Waals surface area contributed by atoms with Crippen molar-refractivity contribution in [2.45, 2.75) is 46.1 Å². The van der Waals surface area contributed by atoms with Crippen LogP contribution in [0, 0.1) is 6.92 Å². The first-order valence-electron chi connectivity index (χ1n) is 6.37. The van der Waals surface area contributed by atoms with Crippen molar-refractivity contribution in [3.8, 4) is 0 Å². The van der Waals surface area contributed by atoms with E-state index in [0.29, 0.717) is 6.04 Å². The van der Waals surface area contributed by atoms with E-state index in [1.54, 1.807) is 11.3 Å². The highest BCUT2D eigenvalue weighted by Gasteiger charge is 2.09. The Bertz CT molecular complexity index is 490. The number of nitrogens with zero attached hydrogens (tertiary/aromatic N) is 1. The first kappa shape index (κ1) is 12.4. The lowest BCUT2D eigenvalue weighted by atomic mass is 10.1. The molecule has 2 nitrogen and oxygen atoms in total. The number of nitrogens with one attached hydrogen (secondary N) is 1. The molecule has 1 heterocycles. The standard InChI is InChI=1S/C14H20N2S/c1-4-7-11(5-2)15-14-16-13-10(3)8-6-9-12(13)17-14/h6,8-9,11H,4-5,7H2,1-3H3,(H,15,16). The number of para-hydroxylation sites is 1. The van der Waals surface area contributed by atoms with Gasteiger partial charge >= 0.3 is 0 Å². The molecule has 1 atom stereocenters. The lowest BCUT2D eigenvalue weighted by Crippen LogP contribution is -2.17. The van der Waals surface area contributed by atoms with Crippen LogP contribution in [0.3, 0.4) is 0 Å². The number of aryl methyl sites for hydroxylation is 1. The third-order valence-electron chi connectivity index (χ3n) is 3.08. The molecule has 1 aromatic carbocycles. The van der Waals surface area contributed by atoms with E-state index in [1.165, 1.54) is 23.1 Å². The number of aromatic nitrogens is 1. The second kappa shape index (κ2) is 5.50. The minimum Gasteiger partial charge on any atom is -0.359 e. The maximum absolute atomic E-state index is 4.69. The second-order valence-corrected chi connectivity index (χ2v) is 5.51. The zero-order chi connectivity index (χ0) is 12.3. The fourth-order valence-electron chi connectivity index (χ4n) is 2.05. The molecule has 1 N–H and O–H groups in total.